The molecule has 0 spiro atoms. The molecule has 1 aliphatic heterocycles. The topological polar surface area (TPSA) is 42.4 Å². The van der Waals surface area contributed by atoms with E-state index in [1.165, 1.54) is 5.69 Å². The normalized spacial score (nSPS) is 16.5. The second kappa shape index (κ2) is 6.04. The van der Waals surface area contributed by atoms with Crippen molar-refractivity contribution < 1.29 is 9.53 Å². The van der Waals surface area contributed by atoms with Gasteiger partial charge in [-0.1, -0.05) is 0 Å². The highest BCUT2D eigenvalue weighted by atomic mass is 16.5. The Hall–Kier alpha value is -1.58. The van der Waals surface area contributed by atoms with E-state index in [1.54, 1.807) is 0 Å². The molecule has 104 valence electrons. The first-order valence-electron chi connectivity index (χ1n) is 6.97. The number of carbonyl (C=O) groups excluding carboxylic acids is 1. The summed E-state index contributed by atoms with van der Waals surface area (Å²) in [6, 6.07) is 4.22. The number of hydrogen-bond acceptors (Lipinski definition) is 4. The smallest absolute Gasteiger partial charge is 0.309 e. The molecule has 19 heavy (non-hydrogen) atoms. The van der Waals surface area contributed by atoms with Crippen molar-refractivity contribution in [2.45, 2.75) is 33.6 Å². The van der Waals surface area contributed by atoms with Crippen LogP contribution in [0.15, 0.2) is 12.1 Å². The predicted octanol–water partition coefficient (Wildman–Crippen LogP) is 2.48. The summed E-state index contributed by atoms with van der Waals surface area (Å²) in [6.07, 6.45) is 1.75. The van der Waals surface area contributed by atoms with Crippen LogP contribution in [0, 0.1) is 19.8 Å². The summed E-state index contributed by atoms with van der Waals surface area (Å²) in [5.74, 6) is 0.0319. The lowest BCUT2D eigenvalue weighted by atomic mass is 9.96. The Bertz CT molecular complexity index is 431. The third kappa shape index (κ3) is 3.46. The molecule has 0 aromatic carbocycles. The van der Waals surface area contributed by atoms with E-state index in [4.69, 9.17) is 4.74 Å². The molecule has 1 fully saturated rings. The second-order valence-corrected chi connectivity index (χ2v) is 5.12. The van der Waals surface area contributed by atoms with Crippen molar-refractivity contribution in [3.63, 3.8) is 0 Å². The van der Waals surface area contributed by atoms with Gasteiger partial charge in [-0.15, -0.1) is 0 Å². The third-order valence-corrected chi connectivity index (χ3v) is 3.55. The quantitative estimate of drug-likeness (QED) is 0.785. The first-order valence-corrected chi connectivity index (χ1v) is 6.97. The molecule has 1 saturated heterocycles. The lowest BCUT2D eigenvalue weighted by Crippen LogP contribution is -2.37. The molecule has 0 amide bonds. The zero-order chi connectivity index (χ0) is 13.8. The van der Waals surface area contributed by atoms with Crippen LogP contribution in [0.4, 0.5) is 5.69 Å². The van der Waals surface area contributed by atoms with Gasteiger partial charge in [-0.2, -0.15) is 0 Å². The summed E-state index contributed by atoms with van der Waals surface area (Å²) in [4.78, 5) is 18.4. The largest absolute Gasteiger partial charge is 0.466 e. The molecular formula is C15H22N2O2. The fourth-order valence-corrected chi connectivity index (χ4v) is 2.63. The molecule has 1 aromatic rings. The van der Waals surface area contributed by atoms with E-state index in [2.05, 4.69) is 22.0 Å². The standard InChI is InChI=1S/C15H22N2O2/c1-4-19-15(18)13-5-7-17(8-6-13)14-9-11(2)16-12(3)10-14/h9-10,13H,4-8H2,1-3H3. The molecule has 0 saturated carbocycles. The summed E-state index contributed by atoms with van der Waals surface area (Å²) in [5.41, 5.74) is 3.30. The molecule has 4 heteroatoms. The summed E-state index contributed by atoms with van der Waals surface area (Å²) in [7, 11) is 0. The highest BCUT2D eigenvalue weighted by molar-refractivity contribution is 5.72. The summed E-state index contributed by atoms with van der Waals surface area (Å²) in [6.45, 7) is 8.18. The van der Waals surface area contributed by atoms with Crippen LogP contribution >= 0.6 is 0 Å². The first kappa shape index (κ1) is 13.8. The van der Waals surface area contributed by atoms with Gasteiger partial charge < -0.3 is 9.64 Å². The van der Waals surface area contributed by atoms with Crippen LogP contribution in [0.2, 0.25) is 0 Å². The number of anilines is 1. The lowest BCUT2D eigenvalue weighted by Gasteiger charge is -2.32. The minimum atomic E-state index is -0.0377. The Morgan fingerprint density at radius 2 is 1.89 bits per heavy atom. The number of ether oxygens (including phenoxy) is 1. The van der Waals surface area contributed by atoms with Gasteiger partial charge in [0.15, 0.2) is 0 Å². The molecule has 1 aromatic heterocycles. The number of esters is 1. The van der Waals surface area contributed by atoms with Gasteiger partial charge in [0.2, 0.25) is 0 Å². The van der Waals surface area contributed by atoms with Crippen LogP contribution in [-0.2, 0) is 9.53 Å². The average Bonchev–Trinajstić information content (AvgIpc) is 2.38. The van der Waals surface area contributed by atoms with Crippen LogP contribution in [0.5, 0.6) is 0 Å². The van der Waals surface area contributed by atoms with Crippen LogP contribution in [0.3, 0.4) is 0 Å². The molecule has 2 heterocycles. The molecule has 0 bridgehead atoms. The zero-order valence-electron chi connectivity index (χ0n) is 12.0. The first-order chi connectivity index (χ1) is 9.10. The van der Waals surface area contributed by atoms with E-state index < -0.39 is 0 Å². The van der Waals surface area contributed by atoms with Crippen molar-refractivity contribution in [3.8, 4) is 0 Å². The minimum absolute atomic E-state index is 0.0377. The highest BCUT2D eigenvalue weighted by Gasteiger charge is 2.26. The SMILES string of the molecule is CCOC(=O)C1CCN(c2cc(C)nc(C)c2)CC1. The number of aromatic nitrogens is 1. The Morgan fingerprint density at radius 3 is 2.42 bits per heavy atom. The molecular weight excluding hydrogens is 240 g/mol. The maximum absolute atomic E-state index is 11.7. The van der Waals surface area contributed by atoms with E-state index >= 15 is 0 Å². The van der Waals surface area contributed by atoms with Gasteiger partial charge in [-0.05, 0) is 45.7 Å². The second-order valence-electron chi connectivity index (χ2n) is 5.12. The van der Waals surface area contributed by atoms with Crippen molar-refractivity contribution >= 4 is 11.7 Å². The van der Waals surface area contributed by atoms with E-state index in [9.17, 15) is 4.79 Å². The molecule has 0 unspecified atom stereocenters. The van der Waals surface area contributed by atoms with E-state index in [0.717, 1.165) is 37.3 Å². The number of hydrogen-bond donors (Lipinski definition) is 0. The number of rotatable bonds is 3. The number of aryl methyl sites for hydroxylation is 2. The van der Waals surface area contributed by atoms with Gasteiger partial charge in [0, 0.05) is 30.2 Å². The van der Waals surface area contributed by atoms with Crippen LogP contribution < -0.4 is 4.90 Å². The number of carbonyl (C=O) groups is 1. The van der Waals surface area contributed by atoms with E-state index in [0.29, 0.717) is 6.61 Å². The Labute approximate surface area is 114 Å². The van der Waals surface area contributed by atoms with Gasteiger partial charge in [-0.25, -0.2) is 0 Å². The van der Waals surface area contributed by atoms with Crippen molar-refractivity contribution in [2.75, 3.05) is 24.6 Å². The lowest BCUT2D eigenvalue weighted by molar-refractivity contribution is -0.148. The van der Waals surface area contributed by atoms with E-state index in [-0.39, 0.29) is 11.9 Å². The number of pyridine rings is 1. The Morgan fingerprint density at radius 1 is 1.32 bits per heavy atom. The summed E-state index contributed by atoms with van der Waals surface area (Å²) in [5, 5.41) is 0. The van der Waals surface area contributed by atoms with Crippen LogP contribution in [0.1, 0.15) is 31.2 Å². The van der Waals surface area contributed by atoms with Gasteiger partial charge in [0.05, 0.1) is 12.5 Å². The Balaban J connectivity index is 1.97. The maximum atomic E-state index is 11.7. The highest BCUT2D eigenvalue weighted by Crippen LogP contribution is 2.25. The van der Waals surface area contributed by atoms with Crippen molar-refractivity contribution in [2.24, 2.45) is 5.92 Å². The molecule has 0 N–H and O–H groups in total. The van der Waals surface area contributed by atoms with Gasteiger partial charge in [0.1, 0.15) is 0 Å². The van der Waals surface area contributed by atoms with Gasteiger partial charge in [0.25, 0.3) is 0 Å². The summed E-state index contributed by atoms with van der Waals surface area (Å²) >= 11 is 0. The molecule has 0 aliphatic carbocycles. The van der Waals surface area contributed by atoms with Crippen molar-refractivity contribution in [3.05, 3.63) is 23.5 Å². The summed E-state index contributed by atoms with van der Waals surface area (Å²) < 4.78 is 5.09. The number of nitrogens with zero attached hydrogens (tertiary/aromatic N) is 2. The van der Waals surface area contributed by atoms with Crippen molar-refractivity contribution in [1.29, 1.82) is 0 Å². The van der Waals surface area contributed by atoms with Crippen LogP contribution in [0.25, 0.3) is 0 Å². The fourth-order valence-electron chi connectivity index (χ4n) is 2.63. The van der Waals surface area contributed by atoms with Crippen molar-refractivity contribution in [1.82, 2.24) is 4.98 Å². The minimum Gasteiger partial charge on any atom is -0.466 e. The monoisotopic (exact) mass is 262 g/mol. The maximum Gasteiger partial charge on any atom is 0.309 e. The average molecular weight is 262 g/mol. The molecule has 0 atom stereocenters. The molecule has 2 rings (SSSR count). The predicted molar refractivity (Wildman–Crippen MR) is 75.3 cm³/mol. The molecule has 0 radical (unpaired) electrons. The van der Waals surface area contributed by atoms with Crippen LogP contribution in [-0.4, -0.2) is 30.6 Å². The molecule has 4 nitrogen and oxygen atoms in total. The van der Waals surface area contributed by atoms with Gasteiger partial charge >= 0.3 is 5.97 Å². The fraction of sp³-hybridized carbons (Fsp3) is 0.600. The zero-order valence-corrected chi connectivity index (χ0v) is 12.0. The number of piperidine rings is 1. The third-order valence-electron chi connectivity index (χ3n) is 3.55. The Kier molecular flexibility index (Phi) is 4.40. The molecule has 1 aliphatic rings. The van der Waals surface area contributed by atoms with Gasteiger partial charge in [-0.3, -0.25) is 9.78 Å². The van der Waals surface area contributed by atoms with E-state index in [1.807, 2.05) is 20.8 Å².